The van der Waals surface area contributed by atoms with E-state index in [-0.39, 0.29) is 10.8 Å². The van der Waals surface area contributed by atoms with Crippen molar-refractivity contribution in [3.8, 4) is 0 Å². The van der Waals surface area contributed by atoms with E-state index in [1.54, 1.807) is 24.3 Å². The van der Waals surface area contributed by atoms with Crippen LogP contribution in [0.2, 0.25) is 0 Å². The number of hydrogen-bond acceptors (Lipinski definition) is 3. The molecule has 0 N–H and O–H groups in total. The topological polar surface area (TPSA) is 57.7 Å². The molecule has 5 nitrogen and oxygen atoms in total. The summed E-state index contributed by atoms with van der Waals surface area (Å²) in [5, 5.41) is 0. The van der Waals surface area contributed by atoms with E-state index in [4.69, 9.17) is 0 Å². The Morgan fingerprint density at radius 2 is 1.68 bits per heavy atom. The lowest BCUT2D eigenvalue weighted by atomic mass is 10.1. The van der Waals surface area contributed by atoms with Crippen molar-refractivity contribution in [3.63, 3.8) is 0 Å². The normalized spacial score (nSPS) is 16.0. The summed E-state index contributed by atoms with van der Waals surface area (Å²) < 4.78 is 25.2. The molecule has 1 aromatic carbocycles. The van der Waals surface area contributed by atoms with Gasteiger partial charge in [-0.2, -0.15) is 0 Å². The van der Waals surface area contributed by atoms with Gasteiger partial charge in [0.15, 0.2) is 0 Å². The van der Waals surface area contributed by atoms with Crippen molar-refractivity contribution in [2.45, 2.75) is 37.0 Å². The van der Waals surface area contributed by atoms with Gasteiger partial charge in [-0.05, 0) is 43.4 Å². The van der Waals surface area contributed by atoms with Gasteiger partial charge in [-0.1, -0.05) is 12.1 Å². The van der Waals surface area contributed by atoms with Crippen LogP contribution in [0, 0.1) is 0 Å². The Bertz CT molecular complexity index is 603. The molecule has 0 saturated carbocycles. The number of nitrogens with zero attached hydrogens (tertiary/aromatic N) is 2. The van der Waals surface area contributed by atoms with Gasteiger partial charge in [0.2, 0.25) is 15.9 Å². The summed E-state index contributed by atoms with van der Waals surface area (Å²) in [6.07, 6.45) is 4.55. The summed E-state index contributed by atoms with van der Waals surface area (Å²) in [7, 11) is -0.355. The fourth-order valence-electron chi connectivity index (χ4n) is 2.59. The van der Waals surface area contributed by atoms with E-state index in [0.717, 1.165) is 31.5 Å². The lowest BCUT2D eigenvalue weighted by Gasteiger charge is -2.26. The number of benzene rings is 1. The van der Waals surface area contributed by atoms with Crippen molar-refractivity contribution in [1.82, 2.24) is 9.21 Å². The molecule has 1 aliphatic heterocycles. The zero-order valence-corrected chi connectivity index (χ0v) is 14.1. The van der Waals surface area contributed by atoms with Gasteiger partial charge in [0, 0.05) is 33.6 Å². The summed E-state index contributed by atoms with van der Waals surface area (Å²) in [5.74, 6) is 0.199. The molecule has 1 aromatic rings. The van der Waals surface area contributed by atoms with Crippen molar-refractivity contribution in [1.29, 1.82) is 0 Å². The van der Waals surface area contributed by atoms with E-state index in [2.05, 4.69) is 0 Å². The molecule has 122 valence electrons. The summed E-state index contributed by atoms with van der Waals surface area (Å²) in [4.78, 5) is 14.3. The smallest absolute Gasteiger partial charge is 0.242 e. The lowest BCUT2D eigenvalue weighted by molar-refractivity contribution is -0.132. The number of amides is 1. The first kappa shape index (κ1) is 17.0. The minimum atomic E-state index is -3.38. The second-order valence-electron chi connectivity index (χ2n) is 5.87. The molecule has 0 aromatic heterocycles. The molecule has 22 heavy (non-hydrogen) atoms. The van der Waals surface area contributed by atoms with Gasteiger partial charge in [-0.25, -0.2) is 12.7 Å². The van der Waals surface area contributed by atoms with Crippen LogP contribution >= 0.6 is 0 Å². The van der Waals surface area contributed by atoms with Gasteiger partial charge in [0.1, 0.15) is 0 Å². The van der Waals surface area contributed by atoms with Crippen LogP contribution < -0.4 is 0 Å². The largest absolute Gasteiger partial charge is 0.343 e. The molecule has 1 saturated heterocycles. The number of carbonyl (C=O) groups is 1. The van der Waals surface area contributed by atoms with Crippen LogP contribution in [0.25, 0.3) is 0 Å². The molecule has 2 rings (SSSR count). The van der Waals surface area contributed by atoms with E-state index in [1.807, 2.05) is 4.90 Å². The summed E-state index contributed by atoms with van der Waals surface area (Å²) >= 11 is 0. The van der Waals surface area contributed by atoms with E-state index in [9.17, 15) is 13.2 Å². The molecule has 1 heterocycles. The van der Waals surface area contributed by atoms with E-state index >= 15 is 0 Å². The van der Waals surface area contributed by atoms with Gasteiger partial charge in [-0.3, -0.25) is 4.79 Å². The molecule has 1 aliphatic rings. The van der Waals surface area contributed by atoms with Crippen molar-refractivity contribution < 1.29 is 13.2 Å². The Morgan fingerprint density at radius 1 is 1.09 bits per heavy atom. The first-order chi connectivity index (χ1) is 10.4. The fraction of sp³-hybridized carbons (Fsp3) is 0.562. The maximum Gasteiger partial charge on any atom is 0.242 e. The zero-order valence-electron chi connectivity index (χ0n) is 13.3. The van der Waals surface area contributed by atoms with Crippen LogP contribution in [-0.4, -0.2) is 50.7 Å². The second-order valence-corrected chi connectivity index (χ2v) is 8.02. The van der Waals surface area contributed by atoms with Crippen molar-refractivity contribution >= 4 is 15.9 Å². The lowest BCUT2D eigenvalue weighted by Crippen LogP contribution is -2.35. The zero-order chi connectivity index (χ0) is 16.2. The molecule has 6 heteroatoms. The number of rotatable bonds is 5. The molecule has 1 fully saturated rings. The fourth-order valence-corrected chi connectivity index (χ4v) is 3.49. The minimum absolute atomic E-state index is 0.199. The standard InChI is InChI=1S/C16H24N2O3S/c1-17(2)22(20,21)15-9-6-14(7-10-15)8-11-16(19)18-12-4-3-5-13-18/h6-7,9-10H,3-5,8,11-13H2,1-2H3. The predicted molar refractivity (Wildman–Crippen MR) is 86.1 cm³/mol. The quantitative estimate of drug-likeness (QED) is 0.831. The predicted octanol–water partition coefficient (Wildman–Crippen LogP) is 1.88. The SMILES string of the molecule is CN(C)S(=O)(=O)c1ccc(CCC(=O)N2CCCCC2)cc1. The average Bonchev–Trinajstić information content (AvgIpc) is 2.53. The monoisotopic (exact) mass is 324 g/mol. The molecule has 0 spiro atoms. The number of hydrogen-bond donors (Lipinski definition) is 0. The van der Waals surface area contributed by atoms with E-state index in [1.165, 1.54) is 24.8 Å². The third-order valence-corrected chi connectivity index (χ3v) is 5.87. The molecule has 0 bridgehead atoms. The highest BCUT2D eigenvalue weighted by atomic mass is 32.2. The van der Waals surface area contributed by atoms with Crippen LogP contribution in [0.1, 0.15) is 31.2 Å². The molecule has 0 unspecified atom stereocenters. The van der Waals surface area contributed by atoms with Gasteiger partial charge in [-0.15, -0.1) is 0 Å². The second kappa shape index (κ2) is 7.24. The highest BCUT2D eigenvalue weighted by Gasteiger charge is 2.18. The molecular weight excluding hydrogens is 300 g/mol. The van der Waals surface area contributed by atoms with Gasteiger partial charge >= 0.3 is 0 Å². The van der Waals surface area contributed by atoms with Gasteiger partial charge < -0.3 is 4.90 Å². The maximum absolute atomic E-state index is 12.1. The highest BCUT2D eigenvalue weighted by Crippen LogP contribution is 2.16. The summed E-state index contributed by atoms with van der Waals surface area (Å²) in [5.41, 5.74) is 0.989. The Hall–Kier alpha value is -1.40. The molecular formula is C16H24N2O3S. The number of likely N-dealkylation sites (tertiary alicyclic amines) is 1. The highest BCUT2D eigenvalue weighted by molar-refractivity contribution is 7.89. The molecule has 0 aliphatic carbocycles. The molecule has 1 amide bonds. The Labute approximate surface area is 133 Å². The minimum Gasteiger partial charge on any atom is -0.343 e. The van der Waals surface area contributed by atoms with Crippen molar-refractivity contribution in [3.05, 3.63) is 29.8 Å². The Kier molecular flexibility index (Phi) is 5.58. The van der Waals surface area contributed by atoms with Crippen LogP contribution in [0.15, 0.2) is 29.2 Å². The maximum atomic E-state index is 12.1. The summed E-state index contributed by atoms with van der Waals surface area (Å²) in [6, 6.07) is 6.80. The van der Waals surface area contributed by atoms with Gasteiger partial charge in [0.25, 0.3) is 0 Å². The van der Waals surface area contributed by atoms with E-state index in [0.29, 0.717) is 12.8 Å². The van der Waals surface area contributed by atoms with Crippen LogP contribution in [0.4, 0.5) is 0 Å². The molecule has 0 atom stereocenters. The Balaban J connectivity index is 1.93. The third-order valence-electron chi connectivity index (χ3n) is 4.04. The summed E-state index contributed by atoms with van der Waals surface area (Å²) in [6.45, 7) is 1.75. The first-order valence-electron chi connectivity index (χ1n) is 7.70. The Morgan fingerprint density at radius 3 is 2.23 bits per heavy atom. The molecule has 0 radical (unpaired) electrons. The van der Waals surface area contributed by atoms with Crippen LogP contribution in [0.5, 0.6) is 0 Å². The number of sulfonamides is 1. The van der Waals surface area contributed by atoms with Crippen LogP contribution in [0.3, 0.4) is 0 Å². The number of carbonyl (C=O) groups excluding carboxylic acids is 1. The van der Waals surface area contributed by atoms with Crippen LogP contribution in [-0.2, 0) is 21.2 Å². The third kappa shape index (κ3) is 4.08. The number of aryl methyl sites for hydroxylation is 1. The van der Waals surface area contributed by atoms with Crippen molar-refractivity contribution in [2.75, 3.05) is 27.2 Å². The number of piperidine rings is 1. The van der Waals surface area contributed by atoms with E-state index < -0.39 is 10.0 Å². The van der Waals surface area contributed by atoms with Crippen molar-refractivity contribution in [2.24, 2.45) is 0 Å². The average molecular weight is 324 g/mol. The van der Waals surface area contributed by atoms with Gasteiger partial charge in [0.05, 0.1) is 4.90 Å². The first-order valence-corrected chi connectivity index (χ1v) is 9.14.